The second-order valence-electron chi connectivity index (χ2n) is 6.69. The minimum atomic E-state index is -0.452. The van der Waals surface area contributed by atoms with Gasteiger partial charge in [0.15, 0.2) is 0 Å². The third-order valence-electron chi connectivity index (χ3n) is 4.67. The van der Waals surface area contributed by atoms with Crippen molar-refractivity contribution in [2.75, 3.05) is 13.6 Å². The van der Waals surface area contributed by atoms with Crippen LogP contribution in [0.25, 0.3) is 5.69 Å². The molecule has 2 aromatic rings. The van der Waals surface area contributed by atoms with E-state index in [0.29, 0.717) is 0 Å². The summed E-state index contributed by atoms with van der Waals surface area (Å²) in [5.74, 6) is -0.245. The van der Waals surface area contributed by atoms with Crippen molar-refractivity contribution in [1.82, 2.24) is 14.7 Å². The molecule has 0 aliphatic heterocycles. The van der Waals surface area contributed by atoms with Gasteiger partial charge in [0, 0.05) is 24.8 Å². The van der Waals surface area contributed by atoms with Crippen LogP contribution in [-0.4, -0.2) is 39.0 Å². The summed E-state index contributed by atoms with van der Waals surface area (Å²) in [6, 6.07) is 6.30. The van der Waals surface area contributed by atoms with Crippen molar-refractivity contribution in [1.29, 1.82) is 0 Å². The van der Waals surface area contributed by atoms with E-state index in [4.69, 9.17) is 0 Å². The summed E-state index contributed by atoms with van der Waals surface area (Å²) in [5.41, 5.74) is 1.50. The van der Waals surface area contributed by atoms with Crippen molar-refractivity contribution in [2.45, 2.75) is 44.2 Å². The molecule has 23 heavy (non-hydrogen) atoms. The molecule has 0 atom stereocenters. The number of hydrogen-bond acceptors (Lipinski definition) is 3. The predicted molar refractivity (Wildman–Crippen MR) is 87.9 cm³/mol. The van der Waals surface area contributed by atoms with Crippen LogP contribution in [0.2, 0.25) is 0 Å². The van der Waals surface area contributed by atoms with E-state index < -0.39 is 5.60 Å². The average molecular weight is 317 g/mol. The van der Waals surface area contributed by atoms with Gasteiger partial charge >= 0.3 is 0 Å². The highest BCUT2D eigenvalue weighted by molar-refractivity contribution is 5.31. The van der Waals surface area contributed by atoms with Crippen LogP contribution < -0.4 is 0 Å². The van der Waals surface area contributed by atoms with Crippen molar-refractivity contribution in [2.24, 2.45) is 0 Å². The molecule has 0 bridgehead atoms. The zero-order chi connectivity index (χ0) is 16.3. The Hall–Kier alpha value is -1.72. The molecule has 1 aliphatic carbocycles. The molecule has 0 amide bonds. The minimum Gasteiger partial charge on any atom is -0.390 e. The van der Waals surface area contributed by atoms with Crippen LogP contribution in [0.15, 0.2) is 36.7 Å². The summed E-state index contributed by atoms with van der Waals surface area (Å²) in [7, 11) is 2.06. The Labute approximate surface area is 136 Å². The van der Waals surface area contributed by atoms with Gasteiger partial charge in [0.2, 0.25) is 0 Å². The monoisotopic (exact) mass is 317 g/mol. The third kappa shape index (κ3) is 4.18. The van der Waals surface area contributed by atoms with E-state index in [-0.39, 0.29) is 5.82 Å². The summed E-state index contributed by atoms with van der Waals surface area (Å²) >= 11 is 0. The van der Waals surface area contributed by atoms with Crippen molar-refractivity contribution < 1.29 is 9.50 Å². The molecule has 1 aromatic heterocycles. The maximum absolute atomic E-state index is 13.0. The summed E-state index contributed by atoms with van der Waals surface area (Å²) in [6.45, 7) is 1.66. The molecule has 0 unspecified atom stereocenters. The van der Waals surface area contributed by atoms with Crippen LogP contribution in [0, 0.1) is 5.82 Å². The van der Waals surface area contributed by atoms with Crippen molar-refractivity contribution in [3.8, 4) is 5.69 Å². The van der Waals surface area contributed by atoms with Gasteiger partial charge in [0.25, 0.3) is 0 Å². The van der Waals surface area contributed by atoms with E-state index in [1.165, 1.54) is 12.1 Å². The van der Waals surface area contributed by atoms with E-state index >= 15 is 0 Å². The SMILES string of the molecule is CN(CCC1(O)CCCC1)Cc1cnn(-c2ccc(F)cc2)c1. The highest BCUT2D eigenvalue weighted by Crippen LogP contribution is 2.32. The standard InChI is InChI=1S/C18H24FN3O/c1-21(11-10-18(23)8-2-3-9-18)13-15-12-20-22(14-15)17-6-4-16(19)5-7-17/h4-7,12,14,23H,2-3,8-11,13H2,1H3. The van der Waals surface area contributed by atoms with Crippen LogP contribution in [-0.2, 0) is 6.54 Å². The summed E-state index contributed by atoms with van der Waals surface area (Å²) in [5, 5.41) is 14.7. The Morgan fingerprint density at radius 3 is 2.65 bits per heavy atom. The molecule has 4 nitrogen and oxygen atoms in total. The lowest BCUT2D eigenvalue weighted by atomic mass is 9.98. The molecule has 1 aromatic carbocycles. The summed E-state index contributed by atoms with van der Waals surface area (Å²) in [4.78, 5) is 2.21. The quantitative estimate of drug-likeness (QED) is 0.890. The van der Waals surface area contributed by atoms with E-state index in [1.807, 2.05) is 12.4 Å². The first kappa shape index (κ1) is 16.1. The maximum atomic E-state index is 13.0. The molecule has 1 saturated carbocycles. The first-order valence-electron chi connectivity index (χ1n) is 8.25. The molecule has 0 spiro atoms. The number of benzene rings is 1. The van der Waals surface area contributed by atoms with Crippen molar-refractivity contribution in [3.05, 3.63) is 48.0 Å². The van der Waals surface area contributed by atoms with Gasteiger partial charge in [-0.15, -0.1) is 0 Å². The Balaban J connectivity index is 1.55. The van der Waals surface area contributed by atoms with E-state index in [2.05, 4.69) is 17.0 Å². The van der Waals surface area contributed by atoms with Crippen molar-refractivity contribution in [3.63, 3.8) is 0 Å². The van der Waals surface area contributed by atoms with Crippen LogP contribution in [0.4, 0.5) is 4.39 Å². The van der Waals surface area contributed by atoms with Gasteiger partial charge in [-0.3, -0.25) is 0 Å². The Kier molecular flexibility index (Phi) is 4.78. The highest BCUT2D eigenvalue weighted by Gasteiger charge is 2.30. The molecule has 1 N–H and O–H groups in total. The summed E-state index contributed by atoms with van der Waals surface area (Å²) in [6.07, 6.45) is 8.79. The lowest BCUT2D eigenvalue weighted by molar-refractivity contribution is 0.0297. The number of aromatic nitrogens is 2. The number of nitrogens with zero attached hydrogens (tertiary/aromatic N) is 3. The predicted octanol–water partition coefficient (Wildman–Crippen LogP) is 3.14. The summed E-state index contributed by atoms with van der Waals surface area (Å²) < 4.78 is 14.7. The number of halogens is 1. The second-order valence-corrected chi connectivity index (χ2v) is 6.69. The number of hydrogen-bond donors (Lipinski definition) is 1. The van der Waals surface area contributed by atoms with Crippen LogP contribution in [0.1, 0.15) is 37.7 Å². The normalized spacial score (nSPS) is 17.0. The third-order valence-corrected chi connectivity index (χ3v) is 4.67. The van der Waals surface area contributed by atoms with Gasteiger partial charge in [-0.25, -0.2) is 9.07 Å². The Morgan fingerprint density at radius 1 is 1.26 bits per heavy atom. The lowest BCUT2D eigenvalue weighted by Crippen LogP contribution is -2.30. The van der Waals surface area contributed by atoms with Gasteiger partial charge < -0.3 is 10.0 Å². The molecule has 1 heterocycles. The molecule has 1 aliphatic rings. The Bertz CT molecular complexity index is 632. The van der Waals surface area contributed by atoms with Crippen LogP contribution >= 0.6 is 0 Å². The number of rotatable bonds is 6. The van der Waals surface area contributed by atoms with Gasteiger partial charge in [0.1, 0.15) is 5.82 Å². The lowest BCUT2D eigenvalue weighted by Gasteiger charge is -2.25. The molecular formula is C18H24FN3O. The van der Waals surface area contributed by atoms with Gasteiger partial charge in [-0.2, -0.15) is 5.10 Å². The zero-order valence-electron chi connectivity index (χ0n) is 13.6. The first-order chi connectivity index (χ1) is 11.0. The average Bonchev–Trinajstić information content (AvgIpc) is 3.16. The molecule has 3 rings (SSSR count). The van der Waals surface area contributed by atoms with Gasteiger partial charge in [-0.1, -0.05) is 12.8 Å². The maximum Gasteiger partial charge on any atom is 0.123 e. The molecule has 5 heteroatoms. The topological polar surface area (TPSA) is 41.3 Å². The highest BCUT2D eigenvalue weighted by atomic mass is 19.1. The molecule has 0 radical (unpaired) electrons. The van der Waals surface area contributed by atoms with Gasteiger partial charge in [0.05, 0.1) is 17.5 Å². The van der Waals surface area contributed by atoms with Crippen LogP contribution in [0.3, 0.4) is 0 Å². The fourth-order valence-corrected chi connectivity index (χ4v) is 3.25. The fraction of sp³-hybridized carbons (Fsp3) is 0.500. The zero-order valence-corrected chi connectivity index (χ0v) is 13.6. The van der Waals surface area contributed by atoms with E-state index in [0.717, 1.165) is 56.4 Å². The Morgan fingerprint density at radius 2 is 1.96 bits per heavy atom. The van der Waals surface area contributed by atoms with E-state index in [9.17, 15) is 9.50 Å². The van der Waals surface area contributed by atoms with Crippen molar-refractivity contribution >= 4 is 0 Å². The first-order valence-corrected chi connectivity index (χ1v) is 8.25. The second kappa shape index (κ2) is 6.81. The molecule has 0 saturated heterocycles. The fourth-order valence-electron chi connectivity index (χ4n) is 3.25. The minimum absolute atomic E-state index is 0.245. The molecular weight excluding hydrogens is 293 g/mol. The molecule has 124 valence electrons. The largest absolute Gasteiger partial charge is 0.390 e. The van der Waals surface area contributed by atoms with Gasteiger partial charge in [-0.05, 0) is 50.6 Å². The number of aliphatic hydroxyl groups is 1. The smallest absolute Gasteiger partial charge is 0.123 e. The van der Waals surface area contributed by atoms with E-state index in [1.54, 1.807) is 16.8 Å². The molecule has 1 fully saturated rings. The van der Waals surface area contributed by atoms with Crippen LogP contribution in [0.5, 0.6) is 0 Å².